The van der Waals surface area contributed by atoms with E-state index < -0.39 is 5.92 Å². The first-order valence-electron chi connectivity index (χ1n) is 5.49. The van der Waals surface area contributed by atoms with E-state index in [0.717, 1.165) is 12.8 Å². The van der Waals surface area contributed by atoms with Crippen molar-refractivity contribution in [2.45, 2.75) is 39.2 Å². The van der Waals surface area contributed by atoms with Crippen LogP contribution in [0, 0.1) is 11.8 Å². The lowest BCUT2D eigenvalue weighted by Crippen LogP contribution is -2.44. The molecular weight excluding hydrogens is 192 g/mol. The van der Waals surface area contributed by atoms with Crippen molar-refractivity contribution in [3.05, 3.63) is 11.6 Å². The lowest BCUT2D eigenvalue weighted by molar-refractivity contribution is -0.169. The Morgan fingerprint density at radius 2 is 2.13 bits per heavy atom. The highest BCUT2D eigenvalue weighted by molar-refractivity contribution is 6.02. The maximum Gasteiger partial charge on any atom is 0.317 e. The average molecular weight is 208 g/mol. The van der Waals surface area contributed by atoms with Crippen molar-refractivity contribution in [3.63, 3.8) is 0 Å². The molecule has 0 aromatic heterocycles. The van der Waals surface area contributed by atoms with Crippen LogP contribution in [0.2, 0.25) is 0 Å². The van der Waals surface area contributed by atoms with Crippen molar-refractivity contribution >= 4 is 11.8 Å². The fourth-order valence-electron chi connectivity index (χ4n) is 2.26. The molecule has 0 aromatic rings. The van der Waals surface area contributed by atoms with Gasteiger partial charge in [-0.25, -0.2) is 0 Å². The number of esters is 1. The molecule has 2 heterocycles. The molecule has 3 rings (SSSR count). The largest absolute Gasteiger partial charge is 0.461 e. The van der Waals surface area contributed by atoms with Gasteiger partial charge in [-0.1, -0.05) is 18.6 Å². The van der Waals surface area contributed by atoms with Gasteiger partial charge in [-0.3, -0.25) is 9.59 Å². The maximum absolute atomic E-state index is 11.9. The van der Waals surface area contributed by atoms with Crippen LogP contribution in [0.1, 0.15) is 33.1 Å². The highest BCUT2D eigenvalue weighted by Gasteiger charge is 2.42. The van der Waals surface area contributed by atoms with Gasteiger partial charge in [0.1, 0.15) is 12.0 Å². The summed E-state index contributed by atoms with van der Waals surface area (Å²) < 4.78 is 5.31. The van der Waals surface area contributed by atoms with Crippen molar-refractivity contribution in [1.82, 2.24) is 0 Å². The number of ether oxygens (including phenoxy) is 1. The second-order valence-corrected chi connectivity index (χ2v) is 4.54. The van der Waals surface area contributed by atoms with E-state index in [2.05, 4.69) is 0 Å². The average Bonchev–Trinajstić information content (AvgIpc) is 2.29. The minimum atomic E-state index is -0.552. The van der Waals surface area contributed by atoms with E-state index in [1.165, 1.54) is 5.57 Å². The predicted molar refractivity (Wildman–Crippen MR) is 55.1 cm³/mol. The second kappa shape index (κ2) is 3.80. The summed E-state index contributed by atoms with van der Waals surface area (Å²) in [5.74, 6) is -0.951. The molecule has 0 amide bonds. The summed E-state index contributed by atoms with van der Waals surface area (Å²) in [5.41, 5.74) is 1.25. The SMILES string of the molecule is C/C1=C/C[C@H]2C(=O)O[C@@H](CC1)C(C)C2=O. The number of allylic oxidation sites excluding steroid dienone is 2. The molecule has 3 atom stereocenters. The topological polar surface area (TPSA) is 43.4 Å². The van der Waals surface area contributed by atoms with Gasteiger partial charge >= 0.3 is 5.97 Å². The van der Waals surface area contributed by atoms with Crippen LogP contribution in [0.15, 0.2) is 11.6 Å². The van der Waals surface area contributed by atoms with E-state index in [4.69, 9.17) is 4.74 Å². The molecule has 3 heteroatoms. The number of hydrogen-bond donors (Lipinski definition) is 0. The Balaban J connectivity index is 2.31. The third kappa shape index (κ3) is 1.83. The van der Waals surface area contributed by atoms with E-state index >= 15 is 0 Å². The smallest absolute Gasteiger partial charge is 0.317 e. The minimum Gasteiger partial charge on any atom is -0.461 e. The van der Waals surface area contributed by atoms with Gasteiger partial charge in [0.25, 0.3) is 0 Å². The third-order valence-electron chi connectivity index (χ3n) is 3.43. The molecule has 0 aromatic carbocycles. The fraction of sp³-hybridized carbons (Fsp3) is 0.667. The molecule has 3 aliphatic rings. The number of Topliss-reactive ketones (excluding diaryl/α,β-unsaturated/α-hetero) is 1. The normalized spacial score (nSPS) is 39.9. The van der Waals surface area contributed by atoms with Crippen LogP contribution in [-0.4, -0.2) is 17.9 Å². The summed E-state index contributed by atoms with van der Waals surface area (Å²) >= 11 is 0. The Hall–Kier alpha value is -1.12. The van der Waals surface area contributed by atoms with Gasteiger partial charge in [0.05, 0.1) is 5.92 Å². The molecule has 2 aliphatic heterocycles. The quantitative estimate of drug-likeness (QED) is 0.347. The Bertz CT molecular complexity index is 330. The summed E-state index contributed by atoms with van der Waals surface area (Å²) in [5, 5.41) is 0. The zero-order valence-corrected chi connectivity index (χ0v) is 9.16. The summed E-state index contributed by atoms with van der Waals surface area (Å²) in [6, 6.07) is 0. The van der Waals surface area contributed by atoms with Gasteiger partial charge in [-0.2, -0.15) is 0 Å². The van der Waals surface area contributed by atoms with Crippen LogP contribution in [0.4, 0.5) is 0 Å². The van der Waals surface area contributed by atoms with E-state index in [0.29, 0.717) is 6.42 Å². The molecule has 0 radical (unpaired) electrons. The van der Waals surface area contributed by atoms with Gasteiger partial charge in [0.15, 0.2) is 5.78 Å². The molecular formula is C12H16O3. The Morgan fingerprint density at radius 1 is 1.40 bits per heavy atom. The lowest BCUT2D eigenvalue weighted by Gasteiger charge is -2.31. The van der Waals surface area contributed by atoms with Gasteiger partial charge in [-0.15, -0.1) is 0 Å². The second-order valence-electron chi connectivity index (χ2n) is 4.54. The minimum absolute atomic E-state index is 0.0576. The van der Waals surface area contributed by atoms with Crippen LogP contribution < -0.4 is 0 Å². The molecule has 1 saturated heterocycles. The molecule has 82 valence electrons. The fourth-order valence-corrected chi connectivity index (χ4v) is 2.26. The Morgan fingerprint density at radius 3 is 2.87 bits per heavy atom. The molecule has 1 aliphatic carbocycles. The van der Waals surface area contributed by atoms with Crippen LogP contribution in [-0.2, 0) is 14.3 Å². The highest BCUT2D eigenvalue weighted by atomic mass is 16.5. The molecule has 0 spiro atoms. The van der Waals surface area contributed by atoms with Crippen molar-refractivity contribution in [2.24, 2.45) is 11.8 Å². The zero-order chi connectivity index (χ0) is 11.0. The molecule has 15 heavy (non-hydrogen) atoms. The standard InChI is InChI=1S/C12H16O3/c1-7-3-5-9-11(13)8(2)10(6-4-7)15-12(9)14/h3,8-10H,4-6H2,1-2H3/b7-3-/t8?,9-,10+/m1/s1. The predicted octanol–water partition coefficient (Wildman–Crippen LogP) is 1.86. The first kappa shape index (κ1) is 10.4. The Kier molecular flexibility index (Phi) is 2.63. The zero-order valence-electron chi connectivity index (χ0n) is 9.16. The summed E-state index contributed by atoms with van der Waals surface area (Å²) in [4.78, 5) is 23.5. The molecule has 2 bridgehead atoms. The third-order valence-corrected chi connectivity index (χ3v) is 3.43. The lowest BCUT2D eigenvalue weighted by atomic mass is 9.85. The van der Waals surface area contributed by atoms with E-state index in [9.17, 15) is 9.59 Å². The van der Waals surface area contributed by atoms with Crippen LogP contribution in [0.25, 0.3) is 0 Å². The van der Waals surface area contributed by atoms with E-state index in [1.807, 2.05) is 19.9 Å². The van der Waals surface area contributed by atoms with Crippen molar-refractivity contribution in [1.29, 1.82) is 0 Å². The first-order valence-corrected chi connectivity index (χ1v) is 5.49. The van der Waals surface area contributed by atoms with Crippen molar-refractivity contribution < 1.29 is 14.3 Å². The number of ketones is 1. The van der Waals surface area contributed by atoms with Crippen molar-refractivity contribution in [2.75, 3.05) is 0 Å². The number of hydrogen-bond acceptors (Lipinski definition) is 3. The van der Waals surface area contributed by atoms with Crippen LogP contribution >= 0.6 is 0 Å². The van der Waals surface area contributed by atoms with Gasteiger partial charge in [0.2, 0.25) is 0 Å². The Labute approximate surface area is 89.5 Å². The monoisotopic (exact) mass is 208 g/mol. The van der Waals surface area contributed by atoms with Gasteiger partial charge in [0, 0.05) is 0 Å². The molecule has 1 unspecified atom stereocenters. The molecule has 0 saturated carbocycles. The van der Waals surface area contributed by atoms with E-state index in [-0.39, 0.29) is 23.8 Å². The van der Waals surface area contributed by atoms with Crippen molar-refractivity contribution in [3.8, 4) is 0 Å². The van der Waals surface area contributed by atoms with Gasteiger partial charge in [-0.05, 0) is 26.2 Å². The number of rotatable bonds is 0. The summed E-state index contributed by atoms with van der Waals surface area (Å²) in [7, 11) is 0. The van der Waals surface area contributed by atoms with Crippen LogP contribution in [0.5, 0.6) is 0 Å². The molecule has 3 nitrogen and oxygen atoms in total. The number of carbonyl (C=O) groups is 2. The first-order chi connectivity index (χ1) is 7.09. The molecule has 1 fully saturated rings. The molecule has 0 N–H and O–H groups in total. The highest BCUT2D eigenvalue weighted by Crippen LogP contribution is 2.30. The van der Waals surface area contributed by atoms with Gasteiger partial charge < -0.3 is 4.74 Å². The summed E-state index contributed by atoms with van der Waals surface area (Å²) in [6.07, 6.45) is 4.00. The van der Waals surface area contributed by atoms with E-state index in [1.54, 1.807) is 0 Å². The summed E-state index contributed by atoms with van der Waals surface area (Å²) in [6.45, 7) is 3.91. The maximum atomic E-state index is 11.9. The van der Waals surface area contributed by atoms with Crippen LogP contribution in [0.3, 0.4) is 0 Å². The number of fused-ring (bicyclic) bond motifs is 5. The number of carbonyl (C=O) groups excluding carboxylic acids is 2.